The highest BCUT2D eigenvalue weighted by Gasteiger charge is 2.33. The molecule has 1 aromatic heterocycles. The van der Waals surface area contributed by atoms with Gasteiger partial charge in [-0.2, -0.15) is 0 Å². The Bertz CT molecular complexity index is 563. The average molecular weight is 393 g/mol. The molecule has 2 fully saturated rings. The van der Waals surface area contributed by atoms with Crippen molar-refractivity contribution in [1.82, 2.24) is 15.5 Å². The number of thiophene rings is 1. The molecule has 0 spiro atoms. The van der Waals surface area contributed by atoms with E-state index in [-0.39, 0.29) is 0 Å². The van der Waals surface area contributed by atoms with Gasteiger partial charge in [0.1, 0.15) is 0 Å². The molecule has 2 aliphatic rings. The first-order chi connectivity index (χ1) is 13.3. The van der Waals surface area contributed by atoms with Crippen LogP contribution in [0.1, 0.15) is 55.9 Å². The SMILES string of the molecule is CN=C(NCC(c1cccs1)N1CCCC1)NCC1(CCOC)CCCC1. The first-order valence-electron chi connectivity index (χ1n) is 10.5. The molecule has 1 saturated carbocycles. The first kappa shape index (κ1) is 20.6. The van der Waals surface area contributed by atoms with Crippen LogP contribution in [0.3, 0.4) is 0 Å². The average Bonchev–Trinajstić information content (AvgIpc) is 3.46. The van der Waals surface area contributed by atoms with Crippen molar-refractivity contribution in [3.63, 3.8) is 0 Å². The van der Waals surface area contributed by atoms with Crippen molar-refractivity contribution in [1.29, 1.82) is 0 Å². The molecule has 1 aliphatic heterocycles. The Morgan fingerprint density at radius 3 is 2.67 bits per heavy atom. The van der Waals surface area contributed by atoms with Crippen molar-refractivity contribution in [3.05, 3.63) is 22.4 Å². The standard InChI is InChI=1S/C21H36N4OS/c1-22-20(24-17-21(11-14-26-2)9-3-4-10-21)23-16-18(19-8-7-15-27-19)25-12-5-6-13-25/h7-8,15,18H,3-6,9-14,16-17H2,1-2H3,(H2,22,23,24). The van der Waals surface area contributed by atoms with Crippen LogP contribution >= 0.6 is 11.3 Å². The lowest BCUT2D eigenvalue weighted by Crippen LogP contribution is -2.46. The van der Waals surface area contributed by atoms with Gasteiger partial charge in [0.05, 0.1) is 6.04 Å². The van der Waals surface area contributed by atoms with E-state index >= 15 is 0 Å². The summed E-state index contributed by atoms with van der Waals surface area (Å²) in [5, 5.41) is 9.41. The van der Waals surface area contributed by atoms with Crippen LogP contribution in [0.25, 0.3) is 0 Å². The Morgan fingerprint density at radius 2 is 2.04 bits per heavy atom. The van der Waals surface area contributed by atoms with E-state index in [9.17, 15) is 0 Å². The predicted octanol–water partition coefficient (Wildman–Crippen LogP) is 3.65. The van der Waals surface area contributed by atoms with Crippen LogP contribution < -0.4 is 10.6 Å². The summed E-state index contributed by atoms with van der Waals surface area (Å²) in [6.45, 7) is 5.16. The highest BCUT2D eigenvalue weighted by atomic mass is 32.1. The zero-order valence-electron chi connectivity index (χ0n) is 17.0. The summed E-state index contributed by atoms with van der Waals surface area (Å²) in [4.78, 5) is 8.55. The van der Waals surface area contributed by atoms with E-state index in [0.717, 1.165) is 32.1 Å². The number of guanidine groups is 1. The lowest BCUT2D eigenvalue weighted by Gasteiger charge is -2.31. The molecule has 1 atom stereocenters. The van der Waals surface area contributed by atoms with E-state index in [4.69, 9.17) is 4.74 Å². The number of likely N-dealkylation sites (tertiary alicyclic amines) is 1. The fourth-order valence-electron chi connectivity index (χ4n) is 4.59. The van der Waals surface area contributed by atoms with Gasteiger partial charge in [-0.25, -0.2) is 0 Å². The molecule has 1 saturated heterocycles. The van der Waals surface area contributed by atoms with Crippen molar-refractivity contribution >= 4 is 17.3 Å². The van der Waals surface area contributed by atoms with Gasteiger partial charge in [-0.1, -0.05) is 18.9 Å². The number of rotatable bonds is 9. The summed E-state index contributed by atoms with van der Waals surface area (Å²) >= 11 is 1.86. The molecule has 0 bridgehead atoms. The second-order valence-electron chi connectivity index (χ2n) is 8.03. The smallest absolute Gasteiger partial charge is 0.191 e. The number of nitrogens with zero attached hydrogens (tertiary/aromatic N) is 2. The fourth-order valence-corrected chi connectivity index (χ4v) is 5.45. The Balaban J connectivity index is 1.54. The van der Waals surface area contributed by atoms with Crippen LogP contribution in [0.5, 0.6) is 0 Å². The van der Waals surface area contributed by atoms with E-state index in [1.54, 1.807) is 7.11 Å². The van der Waals surface area contributed by atoms with Gasteiger partial charge < -0.3 is 15.4 Å². The van der Waals surface area contributed by atoms with Gasteiger partial charge in [0.15, 0.2) is 5.96 Å². The number of nitrogens with one attached hydrogen (secondary N) is 2. The minimum atomic E-state index is 0.371. The van der Waals surface area contributed by atoms with Gasteiger partial charge in [-0.15, -0.1) is 11.3 Å². The molecule has 0 radical (unpaired) electrons. The summed E-state index contributed by atoms with van der Waals surface area (Å²) in [6, 6.07) is 4.87. The van der Waals surface area contributed by atoms with Gasteiger partial charge in [0.2, 0.25) is 0 Å². The van der Waals surface area contributed by atoms with Gasteiger partial charge in [0, 0.05) is 38.7 Å². The molecule has 1 unspecified atom stereocenters. The van der Waals surface area contributed by atoms with Crippen LogP contribution in [0, 0.1) is 5.41 Å². The molecule has 0 aromatic carbocycles. The summed E-state index contributed by atoms with van der Waals surface area (Å²) in [7, 11) is 3.68. The van der Waals surface area contributed by atoms with Gasteiger partial charge in [-0.3, -0.25) is 9.89 Å². The first-order valence-corrected chi connectivity index (χ1v) is 11.4. The monoisotopic (exact) mass is 392 g/mol. The van der Waals surface area contributed by atoms with Crippen LogP contribution in [-0.4, -0.2) is 57.8 Å². The normalized spacial score (nSPS) is 21.5. The molecule has 5 nitrogen and oxygen atoms in total. The molecule has 152 valence electrons. The molecule has 2 N–H and O–H groups in total. The van der Waals surface area contributed by atoms with Crippen LogP contribution in [-0.2, 0) is 4.74 Å². The zero-order valence-corrected chi connectivity index (χ0v) is 17.8. The second kappa shape index (κ2) is 10.4. The number of methoxy groups -OCH3 is 1. The Kier molecular flexibility index (Phi) is 7.97. The van der Waals surface area contributed by atoms with E-state index in [1.165, 1.54) is 56.5 Å². The third-order valence-electron chi connectivity index (χ3n) is 6.27. The summed E-state index contributed by atoms with van der Waals surface area (Å²) in [5.41, 5.74) is 0.371. The Hall–Kier alpha value is -1.11. The molecule has 3 rings (SSSR count). The summed E-state index contributed by atoms with van der Waals surface area (Å²) in [6.07, 6.45) is 9.05. The van der Waals surface area contributed by atoms with Crippen molar-refractivity contribution < 1.29 is 4.74 Å². The van der Waals surface area contributed by atoms with E-state index in [1.807, 2.05) is 18.4 Å². The zero-order chi connectivity index (χ0) is 19.0. The van der Waals surface area contributed by atoms with Crippen LogP contribution in [0.4, 0.5) is 0 Å². The van der Waals surface area contributed by atoms with Crippen molar-refractivity contribution in [2.75, 3.05) is 46.9 Å². The van der Waals surface area contributed by atoms with Gasteiger partial charge in [-0.05, 0) is 62.1 Å². The van der Waals surface area contributed by atoms with Crippen molar-refractivity contribution in [2.24, 2.45) is 10.4 Å². The molecule has 1 aromatic rings. The summed E-state index contributed by atoms with van der Waals surface area (Å²) < 4.78 is 5.36. The van der Waals surface area contributed by atoms with Crippen LogP contribution in [0.15, 0.2) is 22.5 Å². The molecule has 2 heterocycles. The predicted molar refractivity (Wildman–Crippen MR) is 115 cm³/mol. The van der Waals surface area contributed by atoms with E-state index in [0.29, 0.717) is 11.5 Å². The minimum Gasteiger partial charge on any atom is -0.385 e. The van der Waals surface area contributed by atoms with Crippen molar-refractivity contribution in [3.8, 4) is 0 Å². The second-order valence-corrected chi connectivity index (χ2v) is 9.01. The number of aliphatic imine (C=N–C) groups is 1. The molecule has 6 heteroatoms. The maximum absolute atomic E-state index is 5.36. The molecular formula is C21H36N4OS. The van der Waals surface area contributed by atoms with Gasteiger partial charge in [0.25, 0.3) is 0 Å². The Labute approximate surface area is 168 Å². The van der Waals surface area contributed by atoms with E-state index < -0.39 is 0 Å². The maximum atomic E-state index is 5.36. The van der Waals surface area contributed by atoms with Crippen LogP contribution in [0.2, 0.25) is 0 Å². The lowest BCUT2D eigenvalue weighted by molar-refractivity contribution is 0.138. The maximum Gasteiger partial charge on any atom is 0.191 e. The quantitative estimate of drug-likeness (QED) is 0.497. The molecule has 1 aliphatic carbocycles. The fraction of sp³-hybridized carbons (Fsp3) is 0.762. The highest BCUT2D eigenvalue weighted by Crippen LogP contribution is 2.40. The Morgan fingerprint density at radius 1 is 1.26 bits per heavy atom. The summed E-state index contributed by atoms with van der Waals surface area (Å²) in [5.74, 6) is 0.930. The minimum absolute atomic E-state index is 0.371. The van der Waals surface area contributed by atoms with Gasteiger partial charge >= 0.3 is 0 Å². The highest BCUT2D eigenvalue weighted by molar-refractivity contribution is 7.10. The van der Waals surface area contributed by atoms with Crippen molar-refractivity contribution in [2.45, 2.75) is 51.0 Å². The number of hydrogen-bond donors (Lipinski definition) is 2. The lowest BCUT2D eigenvalue weighted by atomic mass is 9.83. The number of ether oxygens (including phenoxy) is 1. The third-order valence-corrected chi connectivity index (χ3v) is 7.24. The van der Waals surface area contributed by atoms with E-state index in [2.05, 4.69) is 38.0 Å². The number of hydrogen-bond acceptors (Lipinski definition) is 4. The molecular weight excluding hydrogens is 356 g/mol. The third kappa shape index (κ3) is 5.69. The molecule has 0 amide bonds. The topological polar surface area (TPSA) is 48.9 Å². The largest absolute Gasteiger partial charge is 0.385 e. The molecule has 27 heavy (non-hydrogen) atoms.